The summed E-state index contributed by atoms with van der Waals surface area (Å²) in [6.45, 7) is 3.57. The SMILES string of the molecule is CCC(C)OP(=O)(O)c1ccc2cc([N+](=O)[O-])cc(-c3cccc4ccccc34)c2n1. The molecule has 1 N–H and O–H groups in total. The molecule has 4 aromatic rings. The molecule has 0 radical (unpaired) electrons. The van der Waals surface area contributed by atoms with Gasteiger partial charge in [0.15, 0.2) is 5.44 Å². The van der Waals surface area contributed by atoms with Gasteiger partial charge in [0.05, 0.1) is 16.5 Å². The van der Waals surface area contributed by atoms with Crippen molar-refractivity contribution in [3.05, 3.63) is 76.8 Å². The number of pyridine rings is 1. The molecular formula is C23H21N2O5P. The maximum atomic E-state index is 12.8. The molecule has 0 fully saturated rings. The van der Waals surface area contributed by atoms with Gasteiger partial charge in [0, 0.05) is 23.1 Å². The van der Waals surface area contributed by atoms with Crippen molar-refractivity contribution in [2.75, 3.05) is 0 Å². The van der Waals surface area contributed by atoms with Crippen LogP contribution in [0.15, 0.2) is 66.7 Å². The molecular weight excluding hydrogens is 415 g/mol. The molecule has 0 saturated heterocycles. The number of fused-ring (bicyclic) bond motifs is 2. The average Bonchev–Trinajstić information content (AvgIpc) is 2.77. The number of nitrogens with zero attached hydrogens (tertiary/aromatic N) is 2. The Labute approximate surface area is 179 Å². The van der Waals surface area contributed by atoms with E-state index in [0.29, 0.717) is 22.9 Å². The molecule has 0 aliphatic heterocycles. The van der Waals surface area contributed by atoms with Crippen LogP contribution in [0, 0.1) is 10.1 Å². The van der Waals surface area contributed by atoms with E-state index in [0.717, 1.165) is 16.3 Å². The van der Waals surface area contributed by atoms with Crippen LogP contribution in [0.4, 0.5) is 5.69 Å². The highest BCUT2D eigenvalue weighted by molar-refractivity contribution is 7.61. The first-order valence-corrected chi connectivity index (χ1v) is 11.5. The van der Waals surface area contributed by atoms with Crippen LogP contribution in [0.25, 0.3) is 32.8 Å². The molecule has 1 heterocycles. The van der Waals surface area contributed by atoms with Crippen molar-refractivity contribution in [3.8, 4) is 11.1 Å². The Morgan fingerprint density at radius 3 is 2.55 bits per heavy atom. The first-order chi connectivity index (χ1) is 14.8. The van der Waals surface area contributed by atoms with Crippen LogP contribution in [0.1, 0.15) is 20.3 Å². The molecule has 0 aliphatic rings. The Morgan fingerprint density at radius 2 is 1.81 bits per heavy atom. The number of nitro benzene ring substituents is 1. The smallest absolute Gasteiger partial charge is 0.320 e. The second kappa shape index (κ2) is 8.19. The summed E-state index contributed by atoms with van der Waals surface area (Å²) in [7, 11) is -4.16. The number of hydrogen-bond acceptors (Lipinski definition) is 5. The molecule has 3 aromatic carbocycles. The molecule has 0 aliphatic carbocycles. The summed E-state index contributed by atoms with van der Waals surface area (Å²) in [6.07, 6.45) is 0.161. The van der Waals surface area contributed by atoms with E-state index < -0.39 is 18.6 Å². The Kier molecular flexibility index (Phi) is 5.58. The van der Waals surface area contributed by atoms with Crippen molar-refractivity contribution < 1.29 is 18.9 Å². The van der Waals surface area contributed by atoms with Crippen molar-refractivity contribution in [1.82, 2.24) is 4.98 Å². The third-order valence-electron chi connectivity index (χ3n) is 5.24. The average molecular weight is 436 g/mol. The standard InChI is InChI=1S/C23H21N2O5P/c1-3-15(2)30-31(28,29)22-12-11-17-13-18(25(26)27)14-21(23(17)24-22)20-10-6-8-16-7-4-5-9-19(16)20/h4-15H,3H2,1-2H3,(H,28,29). The molecule has 1 aromatic heterocycles. The van der Waals surface area contributed by atoms with Crippen LogP contribution in [-0.4, -0.2) is 20.9 Å². The zero-order chi connectivity index (χ0) is 22.2. The molecule has 0 amide bonds. The van der Waals surface area contributed by atoms with Gasteiger partial charge < -0.3 is 9.42 Å². The fourth-order valence-electron chi connectivity index (χ4n) is 3.51. The van der Waals surface area contributed by atoms with E-state index in [1.807, 2.05) is 49.4 Å². The molecule has 0 saturated carbocycles. The fraction of sp³-hybridized carbons (Fsp3) is 0.174. The Morgan fingerprint density at radius 1 is 1.06 bits per heavy atom. The predicted octanol–water partition coefficient (Wildman–Crippen LogP) is 5.59. The van der Waals surface area contributed by atoms with Gasteiger partial charge in [-0.05, 0) is 35.7 Å². The van der Waals surface area contributed by atoms with Gasteiger partial charge in [0.2, 0.25) is 0 Å². The highest BCUT2D eigenvalue weighted by atomic mass is 31.2. The van der Waals surface area contributed by atoms with Crippen LogP contribution in [0.2, 0.25) is 0 Å². The quantitative estimate of drug-likeness (QED) is 0.240. The lowest BCUT2D eigenvalue weighted by Crippen LogP contribution is -2.16. The minimum absolute atomic E-state index is 0.0759. The second-order valence-electron chi connectivity index (χ2n) is 7.36. The lowest BCUT2D eigenvalue weighted by atomic mass is 9.96. The first kappa shape index (κ1) is 21.1. The zero-order valence-electron chi connectivity index (χ0n) is 17.1. The number of hydrogen-bond donors (Lipinski definition) is 1. The molecule has 2 unspecified atom stereocenters. The lowest BCUT2D eigenvalue weighted by molar-refractivity contribution is -0.384. The van der Waals surface area contributed by atoms with E-state index in [9.17, 15) is 19.6 Å². The molecule has 8 heteroatoms. The van der Waals surface area contributed by atoms with Crippen LogP contribution >= 0.6 is 7.60 Å². The summed E-state index contributed by atoms with van der Waals surface area (Å²) in [6, 6.07) is 19.2. The van der Waals surface area contributed by atoms with Crippen molar-refractivity contribution in [3.63, 3.8) is 0 Å². The fourth-order valence-corrected chi connectivity index (χ4v) is 4.74. The topological polar surface area (TPSA) is 103 Å². The number of aromatic nitrogens is 1. The molecule has 31 heavy (non-hydrogen) atoms. The highest BCUT2D eigenvalue weighted by Crippen LogP contribution is 2.43. The van der Waals surface area contributed by atoms with E-state index in [2.05, 4.69) is 4.98 Å². The van der Waals surface area contributed by atoms with E-state index in [1.54, 1.807) is 13.0 Å². The summed E-state index contributed by atoms with van der Waals surface area (Å²) in [4.78, 5) is 26.0. The largest absolute Gasteiger partial charge is 0.377 e. The summed E-state index contributed by atoms with van der Waals surface area (Å²) < 4.78 is 18.2. The minimum Gasteiger partial charge on any atom is -0.320 e. The zero-order valence-corrected chi connectivity index (χ0v) is 18.0. The van der Waals surface area contributed by atoms with E-state index in [1.165, 1.54) is 18.2 Å². The highest BCUT2D eigenvalue weighted by Gasteiger charge is 2.28. The Hall–Kier alpha value is -3.12. The van der Waals surface area contributed by atoms with Crippen molar-refractivity contribution in [2.45, 2.75) is 26.4 Å². The number of rotatable bonds is 6. The number of benzene rings is 3. The van der Waals surface area contributed by atoms with Crippen LogP contribution in [0.3, 0.4) is 0 Å². The molecule has 0 spiro atoms. The van der Waals surface area contributed by atoms with Gasteiger partial charge in [-0.15, -0.1) is 0 Å². The molecule has 4 rings (SSSR count). The maximum absolute atomic E-state index is 12.8. The third-order valence-corrected chi connectivity index (χ3v) is 6.71. The van der Waals surface area contributed by atoms with Gasteiger partial charge >= 0.3 is 7.60 Å². The van der Waals surface area contributed by atoms with Gasteiger partial charge in [-0.3, -0.25) is 14.7 Å². The lowest BCUT2D eigenvalue weighted by Gasteiger charge is -2.17. The van der Waals surface area contributed by atoms with Gasteiger partial charge in [0.25, 0.3) is 5.69 Å². The van der Waals surface area contributed by atoms with Crippen LogP contribution in [0.5, 0.6) is 0 Å². The number of non-ortho nitro benzene ring substituents is 1. The summed E-state index contributed by atoms with van der Waals surface area (Å²) in [5, 5.41) is 13.9. The number of nitro groups is 1. The Balaban J connectivity index is 2.00. The predicted molar refractivity (Wildman–Crippen MR) is 122 cm³/mol. The van der Waals surface area contributed by atoms with Crippen LogP contribution < -0.4 is 5.44 Å². The van der Waals surface area contributed by atoms with Crippen molar-refractivity contribution >= 4 is 40.4 Å². The molecule has 2 atom stereocenters. The minimum atomic E-state index is -4.16. The summed E-state index contributed by atoms with van der Waals surface area (Å²) >= 11 is 0. The second-order valence-corrected chi connectivity index (χ2v) is 9.07. The molecule has 0 bridgehead atoms. The monoisotopic (exact) mass is 436 g/mol. The van der Waals surface area contributed by atoms with Gasteiger partial charge in [-0.2, -0.15) is 0 Å². The Bertz CT molecular complexity index is 1350. The molecule has 7 nitrogen and oxygen atoms in total. The first-order valence-electron chi connectivity index (χ1n) is 9.89. The molecule has 158 valence electrons. The van der Waals surface area contributed by atoms with E-state index >= 15 is 0 Å². The van der Waals surface area contributed by atoms with Crippen LogP contribution in [-0.2, 0) is 9.09 Å². The third kappa shape index (κ3) is 4.08. The van der Waals surface area contributed by atoms with Gasteiger partial charge in [-0.1, -0.05) is 55.5 Å². The van der Waals surface area contributed by atoms with Gasteiger partial charge in [-0.25, -0.2) is 4.98 Å². The van der Waals surface area contributed by atoms with E-state index in [-0.39, 0.29) is 11.1 Å². The van der Waals surface area contributed by atoms with Gasteiger partial charge in [0.1, 0.15) is 0 Å². The van der Waals surface area contributed by atoms with E-state index in [4.69, 9.17) is 4.52 Å². The summed E-state index contributed by atoms with van der Waals surface area (Å²) in [5.41, 5.74) is 1.52. The maximum Gasteiger partial charge on any atom is 0.377 e. The van der Waals surface area contributed by atoms with Crippen molar-refractivity contribution in [1.29, 1.82) is 0 Å². The normalized spacial score (nSPS) is 14.4. The summed E-state index contributed by atoms with van der Waals surface area (Å²) in [5.74, 6) is 0. The van der Waals surface area contributed by atoms with Crippen molar-refractivity contribution in [2.24, 2.45) is 0 Å².